The Morgan fingerprint density at radius 3 is 2.54 bits per heavy atom. The molecule has 4 rings (SSSR count). The fourth-order valence-corrected chi connectivity index (χ4v) is 3.39. The molecule has 132 valence electrons. The summed E-state index contributed by atoms with van der Waals surface area (Å²) in [6.07, 6.45) is 9.07. The number of hydrogen-bond donors (Lipinski definition) is 0. The zero-order valence-corrected chi connectivity index (χ0v) is 15.4. The van der Waals surface area contributed by atoms with Crippen molar-refractivity contribution < 1.29 is 9.53 Å². The molecule has 1 atom stereocenters. The molecule has 0 N–H and O–H groups in total. The van der Waals surface area contributed by atoms with Crippen LogP contribution >= 0.6 is 0 Å². The number of allylic oxidation sites excluding steroid dienone is 2. The molecule has 0 saturated carbocycles. The number of nitrogens with zero attached hydrogens (tertiary/aromatic N) is 3. The maximum Gasteiger partial charge on any atom is 0.241 e. The Labute approximate surface area is 153 Å². The highest BCUT2D eigenvalue weighted by Crippen LogP contribution is 2.46. The lowest BCUT2D eigenvalue weighted by Gasteiger charge is -2.21. The highest BCUT2D eigenvalue weighted by molar-refractivity contribution is 6.12. The van der Waals surface area contributed by atoms with Crippen molar-refractivity contribution in [2.45, 2.75) is 39.2 Å². The third-order valence-corrected chi connectivity index (χ3v) is 4.96. The van der Waals surface area contributed by atoms with Crippen LogP contribution in [-0.2, 0) is 14.9 Å². The molecule has 2 aliphatic heterocycles. The SMILES string of the molecule is CC1=COC(c2ccc3c(c2)N(c2cnc(C)nc2)C(=O)C3(C)C)C=C1. The predicted molar refractivity (Wildman–Crippen MR) is 100 cm³/mol. The number of benzene rings is 1. The normalized spacial score (nSPS) is 20.6. The molecule has 3 heterocycles. The average Bonchev–Trinajstić information content (AvgIpc) is 2.83. The van der Waals surface area contributed by atoms with E-state index in [1.807, 2.05) is 58.0 Å². The molecular formula is C21H21N3O2. The molecule has 2 aliphatic rings. The Bertz CT molecular complexity index is 942. The van der Waals surface area contributed by atoms with Crippen molar-refractivity contribution in [3.05, 3.63) is 71.5 Å². The van der Waals surface area contributed by atoms with Crippen molar-refractivity contribution in [3.63, 3.8) is 0 Å². The van der Waals surface area contributed by atoms with E-state index in [0.717, 1.165) is 22.4 Å². The van der Waals surface area contributed by atoms with Crippen molar-refractivity contribution in [1.82, 2.24) is 9.97 Å². The topological polar surface area (TPSA) is 55.3 Å². The van der Waals surface area contributed by atoms with Gasteiger partial charge in [-0.05, 0) is 56.5 Å². The molecule has 0 bridgehead atoms. The van der Waals surface area contributed by atoms with Crippen molar-refractivity contribution in [3.8, 4) is 0 Å². The first-order valence-electron chi connectivity index (χ1n) is 8.66. The van der Waals surface area contributed by atoms with E-state index >= 15 is 0 Å². The summed E-state index contributed by atoms with van der Waals surface area (Å²) in [6, 6.07) is 6.10. The van der Waals surface area contributed by atoms with Gasteiger partial charge in [-0.1, -0.05) is 18.2 Å². The minimum atomic E-state index is -0.599. The number of aromatic nitrogens is 2. The highest BCUT2D eigenvalue weighted by Gasteiger charge is 2.45. The second-order valence-corrected chi connectivity index (χ2v) is 7.31. The third kappa shape index (κ3) is 2.51. The molecule has 0 fully saturated rings. The van der Waals surface area contributed by atoms with Crippen LogP contribution < -0.4 is 4.90 Å². The number of aryl methyl sites for hydroxylation is 1. The lowest BCUT2D eigenvalue weighted by atomic mass is 9.85. The van der Waals surface area contributed by atoms with Crippen LogP contribution in [0.2, 0.25) is 0 Å². The number of carbonyl (C=O) groups excluding carboxylic acids is 1. The van der Waals surface area contributed by atoms with E-state index in [-0.39, 0.29) is 12.0 Å². The number of fused-ring (bicyclic) bond motifs is 1. The number of rotatable bonds is 2. The molecule has 2 aromatic rings. The Morgan fingerprint density at radius 2 is 1.88 bits per heavy atom. The number of hydrogen-bond acceptors (Lipinski definition) is 4. The first-order valence-corrected chi connectivity index (χ1v) is 8.66. The van der Waals surface area contributed by atoms with Crippen LogP contribution in [0.15, 0.2) is 54.6 Å². The predicted octanol–water partition coefficient (Wildman–Crippen LogP) is 4.27. The van der Waals surface area contributed by atoms with Crippen LogP contribution in [-0.4, -0.2) is 15.9 Å². The van der Waals surface area contributed by atoms with Gasteiger partial charge in [0.2, 0.25) is 5.91 Å². The fraction of sp³-hybridized carbons (Fsp3) is 0.286. The van der Waals surface area contributed by atoms with Crippen molar-refractivity contribution in [2.75, 3.05) is 4.90 Å². The minimum Gasteiger partial charge on any atom is -0.489 e. The molecule has 5 nitrogen and oxygen atoms in total. The number of carbonyl (C=O) groups is 1. The van der Waals surface area contributed by atoms with E-state index in [1.165, 1.54) is 0 Å². The molecule has 5 heteroatoms. The summed E-state index contributed by atoms with van der Waals surface area (Å²) in [6.45, 7) is 7.72. The second-order valence-electron chi connectivity index (χ2n) is 7.31. The van der Waals surface area contributed by atoms with Gasteiger partial charge in [0.25, 0.3) is 0 Å². The fourth-order valence-electron chi connectivity index (χ4n) is 3.39. The van der Waals surface area contributed by atoms with Crippen LogP contribution in [0.3, 0.4) is 0 Å². The van der Waals surface area contributed by atoms with E-state index in [1.54, 1.807) is 23.6 Å². The maximum atomic E-state index is 13.1. The van der Waals surface area contributed by atoms with Gasteiger partial charge < -0.3 is 4.74 Å². The van der Waals surface area contributed by atoms with Gasteiger partial charge in [-0.2, -0.15) is 0 Å². The lowest BCUT2D eigenvalue weighted by Crippen LogP contribution is -2.33. The summed E-state index contributed by atoms with van der Waals surface area (Å²) in [4.78, 5) is 23.3. The smallest absolute Gasteiger partial charge is 0.241 e. The summed E-state index contributed by atoms with van der Waals surface area (Å²) in [7, 11) is 0. The number of anilines is 2. The Kier molecular flexibility index (Phi) is 3.68. The highest BCUT2D eigenvalue weighted by atomic mass is 16.5. The first kappa shape index (κ1) is 16.5. The van der Waals surface area contributed by atoms with Crippen LogP contribution in [0, 0.1) is 6.92 Å². The summed E-state index contributed by atoms with van der Waals surface area (Å²) in [5.41, 5.74) is 4.04. The van der Waals surface area contributed by atoms with Gasteiger partial charge >= 0.3 is 0 Å². The third-order valence-electron chi connectivity index (χ3n) is 4.96. The maximum absolute atomic E-state index is 13.1. The number of ether oxygens (including phenoxy) is 1. The minimum absolute atomic E-state index is 0.0212. The molecular weight excluding hydrogens is 326 g/mol. The van der Waals surface area contributed by atoms with Crippen molar-refractivity contribution in [2.24, 2.45) is 0 Å². The van der Waals surface area contributed by atoms with E-state index in [9.17, 15) is 4.79 Å². The largest absolute Gasteiger partial charge is 0.489 e. The zero-order chi connectivity index (χ0) is 18.5. The zero-order valence-electron chi connectivity index (χ0n) is 15.4. The molecule has 1 amide bonds. The Hall–Kier alpha value is -2.95. The number of amides is 1. The van der Waals surface area contributed by atoms with Gasteiger partial charge in [0.15, 0.2) is 0 Å². The molecule has 1 aromatic heterocycles. The summed E-state index contributed by atoms with van der Waals surface area (Å²) in [5, 5.41) is 0. The van der Waals surface area contributed by atoms with E-state index in [4.69, 9.17) is 4.74 Å². The van der Waals surface area contributed by atoms with Gasteiger partial charge in [0, 0.05) is 0 Å². The van der Waals surface area contributed by atoms with Crippen LogP contribution in [0.4, 0.5) is 11.4 Å². The molecule has 0 spiro atoms. The van der Waals surface area contributed by atoms with Crippen LogP contribution in [0.25, 0.3) is 0 Å². The van der Waals surface area contributed by atoms with E-state index in [0.29, 0.717) is 11.5 Å². The average molecular weight is 347 g/mol. The van der Waals surface area contributed by atoms with Gasteiger partial charge in [-0.15, -0.1) is 0 Å². The van der Waals surface area contributed by atoms with Gasteiger partial charge in [-0.3, -0.25) is 9.69 Å². The molecule has 0 saturated heterocycles. The molecule has 26 heavy (non-hydrogen) atoms. The quantitative estimate of drug-likeness (QED) is 0.814. The van der Waals surface area contributed by atoms with Crippen molar-refractivity contribution in [1.29, 1.82) is 0 Å². The Morgan fingerprint density at radius 1 is 1.15 bits per heavy atom. The molecule has 0 aliphatic carbocycles. The van der Waals surface area contributed by atoms with Gasteiger partial charge in [-0.25, -0.2) is 9.97 Å². The standard InChI is InChI=1S/C21H21N3O2/c1-13-5-8-19(26-12-13)15-6-7-17-18(9-15)24(20(25)21(17,3)4)16-10-22-14(2)23-11-16/h5-12,19H,1-4H3. The summed E-state index contributed by atoms with van der Waals surface area (Å²) < 4.78 is 5.79. The van der Waals surface area contributed by atoms with Gasteiger partial charge in [0.1, 0.15) is 11.9 Å². The van der Waals surface area contributed by atoms with Crippen LogP contribution in [0.5, 0.6) is 0 Å². The Balaban J connectivity index is 1.80. The van der Waals surface area contributed by atoms with E-state index < -0.39 is 5.41 Å². The van der Waals surface area contributed by atoms with Crippen LogP contribution in [0.1, 0.15) is 43.8 Å². The summed E-state index contributed by atoms with van der Waals surface area (Å²) >= 11 is 0. The molecule has 1 unspecified atom stereocenters. The monoisotopic (exact) mass is 347 g/mol. The van der Waals surface area contributed by atoms with Gasteiger partial charge in [0.05, 0.1) is 35.4 Å². The molecule has 0 radical (unpaired) electrons. The first-order chi connectivity index (χ1) is 12.4. The lowest BCUT2D eigenvalue weighted by molar-refractivity contribution is -0.121. The molecule has 1 aromatic carbocycles. The summed E-state index contributed by atoms with van der Waals surface area (Å²) in [5.74, 6) is 0.699. The van der Waals surface area contributed by atoms with Crippen molar-refractivity contribution >= 4 is 17.3 Å². The van der Waals surface area contributed by atoms with E-state index in [2.05, 4.69) is 9.97 Å². The second kappa shape index (κ2) is 5.80.